The van der Waals surface area contributed by atoms with E-state index in [1.807, 2.05) is 0 Å². The minimum absolute atomic E-state index is 0.0994. The van der Waals surface area contributed by atoms with Crippen molar-refractivity contribution in [1.29, 1.82) is 0 Å². The molecule has 0 heterocycles. The minimum atomic E-state index is -2.41. The van der Waals surface area contributed by atoms with E-state index in [0.717, 1.165) is 0 Å². The maximum Gasteiger partial charge on any atom is 0.200 e. The highest BCUT2D eigenvalue weighted by atomic mass is 33.1. The van der Waals surface area contributed by atoms with Crippen LogP contribution in [0, 0.1) is 52.4 Å². The molecule has 124 valence electrons. The Morgan fingerprint density at radius 3 is 1.13 bits per heavy atom. The summed E-state index contributed by atoms with van der Waals surface area (Å²) in [5.74, 6) is -18.7. The van der Waals surface area contributed by atoms with Crippen molar-refractivity contribution in [3.05, 3.63) is 58.4 Å². The van der Waals surface area contributed by atoms with Crippen LogP contribution < -0.4 is 0 Å². The molecule has 0 aliphatic carbocycles. The molecule has 0 fully saturated rings. The van der Waals surface area contributed by atoms with Crippen LogP contribution in [0.3, 0.4) is 0 Å². The molecule has 0 N–H and O–H groups in total. The zero-order chi connectivity index (χ0) is 17.5. The van der Waals surface area contributed by atoms with Gasteiger partial charge in [0.2, 0.25) is 5.82 Å². The Morgan fingerprint density at radius 1 is 0.435 bits per heavy atom. The van der Waals surface area contributed by atoms with Crippen LogP contribution in [0.25, 0.3) is 0 Å². The van der Waals surface area contributed by atoms with Gasteiger partial charge in [0.15, 0.2) is 46.5 Å². The molecule has 0 aliphatic rings. The third kappa shape index (κ3) is 3.11. The smallest absolute Gasteiger partial charge is 0.200 e. The van der Waals surface area contributed by atoms with Crippen molar-refractivity contribution in [2.75, 3.05) is 0 Å². The lowest BCUT2D eigenvalue weighted by molar-refractivity contribution is 0.361. The molecule has 2 aromatic rings. The van der Waals surface area contributed by atoms with Crippen molar-refractivity contribution in [3.8, 4) is 0 Å². The lowest BCUT2D eigenvalue weighted by atomic mass is 10.3. The highest BCUT2D eigenvalue weighted by molar-refractivity contribution is 8.76. The molecule has 0 saturated carbocycles. The van der Waals surface area contributed by atoms with E-state index in [-0.39, 0.29) is 27.7 Å². The Kier molecular flexibility index (Phi) is 5.09. The quantitative estimate of drug-likeness (QED) is 0.288. The van der Waals surface area contributed by atoms with Gasteiger partial charge in [0.1, 0.15) is 0 Å². The SMILES string of the molecule is Fc1cc(F)c(F)c(SSc2c(F)c(F)c(F)c(F)c2F)c1F. The standard InChI is InChI=1S/C12HF9S2/c13-2-1-3(14)5(16)11(4(2)15)22-23-12-9(20)7(18)6(17)8(19)10(12)21/h1H. The summed E-state index contributed by atoms with van der Waals surface area (Å²) in [4.78, 5) is -2.79. The maximum atomic E-state index is 13.4. The van der Waals surface area contributed by atoms with Crippen LogP contribution in [0.5, 0.6) is 0 Å². The fourth-order valence-electron chi connectivity index (χ4n) is 1.37. The van der Waals surface area contributed by atoms with Crippen molar-refractivity contribution in [2.45, 2.75) is 9.79 Å². The van der Waals surface area contributed by atoms with Gasteiger partial charge in [-0.25, -0.2) is 39.5 Å². The maximum absolute atomic E-state index is 13.4. The van der Waals surface area contributed by atoms with Gasteiger partial charge >= 0.3 is 0 Å². The van der Waals surface area contributed by atoms with Crippen molar-refractivity contribution in [2.24, 2.45) is 0 Å². The van der Waals surface area contributed by atoms with Crippen LogP contribution in [-0.4, -0.2) is 0 Å². The Balaban J connectivity index is 2.44. The van der Waals surface area contributed by atoms with Crippen LogP contribution in [-0.2, 0) is 0 Å². The predicted molar refractivity (Wildman–Crippen MR) is 64.2 cm³/mol. The highest BCUT2D eigenvalue weighted by Crippen LogP contribution is 2.44. The number of hydrogen-bond donors (Lipinski definition) is 0. The Bertz CT molecular complexity index is 736. The lowest BCUT2D eigenvalue weighted by Crippen LogP contribution is -2.03. The molecular weight excluding hydrogens is 379 g/mol. The molecule has 0 nitrogen and oxygen atoms in total. The van der Waals surface area contributed by atoms with Gasteiger partial charge in [-0.2, -0.15) is 0 Å². The van der Waals surface area contributed by atoms with E-state index < -0.39 is 62.1 Å². The summed E-state index contributed by atoms with van der Waals surface area (Å²) >= 11 is 0. The second-order valence-electron chi connectivity index (χ2n) is 3.86. The summed E-state index contributed by atoms with van der Waals surface area (Å²) in [7, 11) is -0.526. The van der Waals surface area contributed by atoms with Gasteiger partial charge in [-0.05, 0) is 21.6 Å². The van der Waals surface area contributed by atoms with Crippen molar-refractivity contribution >= 4 is 21.6 Å². The molecule has 11 heteroatoms. The molecular formula is C12HF9S2. The first-order valence-corrected chi connectivity index (χ1v) is 7.50. The van der Waals surface area contributed by atoms with E-state index >= 15 is 0 Å². The van der Waals surface area contributed by atoms with Crippen molar-refractivity contribution in [1.82, 2.24) is 0 Å². The van der Waals surface area contributed by atoms with Gasteiger partial charge in [0, 0.05) is 6.07 Å². The summed E-state index contributed by atoms with van der Waals surface area (Å²) in [5, 5.41) is 0. The fourth-order valence-corrected chi connectivity index (χ4v) is 3.58. The zero-order valence-electron chi connectivity index (χ0n) is 10.3. The number of halogens is 9. The van der Waals surface area contributed by atoms with Gasteiger partial charge in [-0.1, -0.05) is 0 Å². The molecule has 23 heavy (non-hydrogen) atoms. The van der Waals surface area contributed by atoms with Gasteiger partial charge in [-0.3, -0.25) is 0 Å². The van der Waals surface area contributed by atoms with Crippen LogP contribution in [0.2, 0.25) is 0 Å². The molecule has 0 spiro atoms. The molecule has 0 saturated heterocycles. The Hall–Kier alpha value is -1.49. The first-order chi connectivity index (χ1) is 10.7. The van der Waals surface area contributed by atoms with E-state index in [2.05, 4.69) is 0 Å². The van der Waals surface area contributed by atoms with E-state index in [4.69, 9.17) is 0 Å². The normalized spacial score (nSPS) is 11.2. The van der Waals surface area contributed by atoms with Gasteiger partial charge in [0.05, 0.1) is 9.79 Å². The van der Waals surface area contributed by atoms with Crippen molar-refractivity contribution in [3.63, 3.8) is 0 Å². The van der Waals surface area contributed by atoms with E-state index in [9.17, 15) is 39.5 Å². The van der Waals surface area contributed by atoms with Crippen LogP contribution in [0.15, 0.2) is 15.9 Å². The Morgan fingerprint density at radius 2 is 0.739 bits per heavy atom. The van der Waals surface area contributed by atoms with E-state index in [1.165, 1.54) is 0 Å². The van der Waals surface area contributed by atoms with E-state index in [0.29, 0.717) is 0 Å². The minimum Gasteiger partial charge on any atom is -0.204 e. The second kappa shape index (κ2) is 6.56. The summed E-state index contributed by atoms with van der Waals surface area (Å²) in [5.41, 5.74) is 0. The number of hydrogen-bond acceptors (Lipinski definition) is 2. The van der Waals surface area contributed by atoms with E-state index in [1.54, 1.807) is 0 Å². The molecule has 0 radical (unpaired) electrons. The molecule has 0 aromatic heterocycles. The van der Waals surface area contributed by atoms with Crippen LogP contribution in [0.1, 0.15) is 0 Å². The lowest BCUT2D eigenvalue weighted by Gasteiger charge is -2.09. The summed E-state index contributed by atoms with van der Waals surface area (Å²) < 4.78 is 118. The van der Waals surface area contributed by atoms with Gasteiger partial charge in [0.25, 0.3) is 0 Å². The molecule has 2 aromatic carbocycles. The summed E-state index contributed by atoms with van der Waals surface area (Å²) in [6, 6.07) is -0.0994. The fraction of sp³-hybridized carbons (Fsp3) is 0. The summed E-state index contributed by atoms with van der Waals surface area (Å²) in [6.45, 7) is 0. The average Bonchev–Trinajstić information content (AvgIpc) is 2.52. The molecule has 2 rings (SSSR count). The largest absolute Gasteiger partial charge is 0.204 e. The van der Waals surface area contributed by atoms with Crippen LogP contribution in [0.4, 0.5) is 39.5 Å². The molecule has 0 unspecified atom stereocenters. The zero-order valence-corrected chi connectivity index (χ0v) is 11.9. The van der Waals surface area contributed by atoms with Gasteiger partial charge in [-0.15, -0.1) is 0 Å². The monoisotopic (exact) mass is 380 g/mol. The number of rotatable bonds is 3. The third-order valence-electron chi connectivity index (χ3n) is 2.45. The van der Waals surface area contributed by atoms with Crippen LogP contribution >= 0.6 is 21.6 Å². The third-order valence-corrected chi connectivity index (χ3v) is 4.83. The summed E-state index contributed by atoms with van der Waals surface area (Å²) in [6.07, 6.45) is 0. The molecule has 0 amide bonds. The Labute approximate surface area is 130 Å². The predicted octanol–water partition coefficient (Wildman–Crippen LogP) is 5.74. The molecule has 0 atom stereocenters. The average molecular weight is 380 g/mol. The first-order valence-electron chi connectivity index (χ1n) is 5.35. The highest BCUT2D eigenvalue weighted by Gasteiger charge is 2.28. The second-order valence-corrected chi connectivity index (χ2v) is 6.01. The number of benzene rings is 2. The first kappa shape index (κ1) is 17.9. The molecule has 0 aliphatic heterocycles. The topological polar surface area (TPSA) is 0 Å². The van der Waals surface area contributed by atoms with Gasteiger partial charge < -0.3 is 0 Å². The van der Waals surface area contributed by atoms with Crippen molar-refractivity contribution < 1.29 is 39.5 Å². The molecule has 0 bridgehead atoms.